The molecule has 2 N–H and O–H groups in total. The van der Waals surface area contributed by atoms with Gasteiger partial charge >= 0.3 is 25.7 Å². The molecular weight excluding hydrogens is 976 g/mol. The third kappa shape index (κ3) is 54.2. The summed E-state index contributed by atoms with van der Waals surface area (Å²) >= 11 is 0. The number of phosphoric acid groups is 1. The van der Waals surface area contributed by atoms with Crippen LogP contribution in [0.25, 0.3) is 0 Å². The first-order valence-electron chi connectivity index (χ1n) is 28.7. The third-order valence-electron chi connectivity index (χ3n) is 11.3. The van der Waals surface area contributed by atoms with Crippen LogP contribution in [0.4, 0.5) is 0 Å². The maximum absolute atomic E-state index is 12.9. The van der Waals surface area contributed by atoms with Crippen molar-refractivity contribution in [2.45, 2.75) is 213 Å². The Morgan fingerprint density at radius 1 is 0.395 bits per heavy atom. The minimum atomic E-state index is -4.80. The van der Waals surface area contributed by atoms with Gasteiger partial charge in [-0.15, -0.1) is 0 Å². The van der Waals surface area contributed by atoms with Gasteiger partial charge in [-0.25, -0.2) is 4.57 Å². The van der Waals surface area contributed by atoms with E-state index in [1.165, 1.54) is 51.4 Å². The Bertz CT molecular complexity index is 1830. The van der Waals surface area contributed by atoms with Gasteiger partial charge in [0.2, 0.25) is 0 Å². The molecule has 0 heterocycles. The van der Waals surface area contributed by atoms with Gasteiger partial charge in [0.05, 0.1) is 32.7 Å². The number of aliphatic hydroxyl groups is 1. The van der Waals surface area contributed by atoms with Crippen molar-refractivity contribution in [3.05, 3.63) is 146 Å². The number of unbranched alkanes of at least 4 members (excludes halogenated alkanes) is 12. The molecule has 0 spiro atoms. The van der Waals surface area contributed by atoms with E-state index in [0.717, 1.165) is 89.9 Å². The van der Waals surface area contributed by atoms with Crippen LogP contribution in [0.2, 0.25) is 0 Å². The Kier molecular flexibility index (Phi) is 53.1. The molecule has 0 rings (SSSR count). The van der Waals surface area contributed by atoms with E-state index in [9.17, 15) is 28.9 Å². The maximum atomic E-state index is 12.9. The average molecular weight is 1080 g/mol. The maximum Gasteiger partial charge on any atom is 0.472 e. The molecule has 3 atom stereocenters. The number of ether oxygens (including phenoxy) is 3. The summed E-state index contributed by atoms with van der Waals surface area (Å²) in [6, 6.07) is 0. The minimum absolute atomic E-state index is 0.0201. The summed E-state index contributed by atoms with van der Waals surface area (Å²) in [5, 5.41) is 9.79. The molecule has 0 radical (unpaired) electrons. The standard InChI is InChI=1S/C64H101O11P/c1-4-7-10-13-16-19-22-25-28-29-30-31-34-37-40-43-46-49-52-55-64(68)75-61(57-71-62(66)53-50-47-44-41-38-35-32-26-23-20-17-14-11-8-5-2)59-73-76(69,70)72-58-60(56-65)74-63(67)54-51-48-45-42-39-36-33-27-24-21-18-15-12-9-6-3/h8-9,11-12,16-21,25-28,32-33,38-39,41-42,47-48,50-51,60-61,65H,4-7,10,13-15,22-24,29-31,34-37,40,43-46,49,52-59H2,1-3H3,(H,69,70)/b11-8-,12-9-,19-16-,20-17-,21-18-,28-25-,32-26-,33-27-,41-38-,42-39-,50-47-,51-48-. The lowest BCUT2D eigenvalue weighted by atomic mass is 10.1. The Labute approximate surface area is 461 Å². The van der Waals surface area contributed by atoms with Crippen molar-refractivity contribution in [1.29, 1.82) is 0 Å². The van der Waals surface area contributed by atoms with Gasteiger partial charge in [-0.2, -0.15) is 0 Å². The molecule has 0 amide bonds. The second kappa shape index (κ2) is 56.6. The van der Waals surface area contributed by atoms with Gasteiger partial charge in [0.25, 0.3) is 0 Å². The van der Waals surface area contributed by atoms with Crippen molar-refractivity contribution < 1.29 is 52.2 Å². The summed E-state index contributed by atoms with van der Waals surface area (Å²) < 4.78 is 39.3. The highest BCUT2D eigenvalue weighted by Gasteiger charge is 2.28. The Morgan fingerprint density at radius 3 is 1.16 bits per heavy atom. The molecule has 0 fully saturated rings. The monoisotopic (exact) mass is 1080 g/mol. The summed E-state index contributed by atoms with van der Waals surface area (Å²) in [7, 11) is -4.80. The zero-order chi connectivity index (χ0) is 55.5. The zero-order valence-corrected chi connectivity index (χ0v) is 48.0. The van der Waals surface area contributed by atoms with Gasteiger partial charge in [-0.3, -0.25) is 23.4 Å². The van der Waals surface area contributed by atoms with Gasteiger partial charge < -0.3 is 24.2 Å². The fraction of sp³-hybridized carbons (Fsp3) is 0.578. The number of esters is 3. The van der Waals surface area contributed by atoms with E-state index in [4.69, 9.17) is 23.3 Å². The van der Waals surface area contributed by atoms with Crippen LogP contribution in [0.1, 0.15) is 201 Å². The molecule has 0 aliphatic heterocycles. The van der Waals surface area contributed by atoms with Crippen LogP contribution in [0.3, 0.4) is 0 Å². The van der Waals surface area contributed by atoms with Crippen molar-refractivity contribution in [3.8, 4) is 0 Å². The molecule has 0 aromatic rings. The van der Waals surface area contributed by atoms with E-state index in [1.807, 2.05) is 30.4 Å². The lowest BCUT2D eigenvalue weighted by Gasteiger charge is -2.21. The van der Waals surface area contributed by atoms with E-state index in [-0.39, 0.29) is 19.3 Å². The van der Waals surface area contributed by atoms with Crippen molar-refractivity contribution in [2.75, 3.05) is 26.4 Å². The molecule has 76 heavy (non-hydrogen) atoms. The molecular formula is C64H101O11P. The van der Waals surface area contributed by atoms with Crippen molar-refractivity contribution in [1.82, 2.24) is 0 Å². The summed E-state index contributed by atoms with van der Waals surface area (Å²) in [5.41, 5.74) is 0. The first-order valence-corrected chi connectivity index (χ1v) is 30.2. The normalized spacial score (nSPS) is 14.4. The quantitative estimate of drug-likeness (QED) is 0.0197. The van der Waals surface area contributed by atoms with Gasteiger partial charge in [-0.05, 0) is 103 Å². The molecule has 12 heteroatoms. The van der Waals surface area contributed by atoms with Gasteiger partial charge in [0.1, 0.15) is 12.7 Å². The SMILES string of the molecule is CC/C=C\C/C=C\C/C=C\C/C=C\C/C=C\CC(=O)OCC(COP(=O)(O)OCC(CO)OC(=O)C/C=C\C/C=C\C/C=C\C/C=C\C/C=C\CC)OC(=O)CCCCCCCCCCC/C=C\C/C=C\CCCCC. The molecule has 0 aliphatic rings. The van der Waals surface area contributed by atoms with E-state index >= 15 is 0 Å². The summed E-state index contributed by atoms with van der Waals surface area (Å²) in [6.45, 7) is 4.14. The highest BCUT2D eigenvalue weighted by atomic mass is 31.2. The first-order chi connectivity index (χ1) is 37.2. The van der Waals surface area contributed by atoms with Gasteiger partial charge in [0, 0.05) is 6.42 Å². The summed E-state index contributed by atoms with van der Waals surface area (Å²) in [4.78, 5) is 48.4. The molecule has 11 nitrogen and oxygen atoms in total. The Hall–Kier alpha value is -4.64. The van der Waals surface area contributed by atoms with Crippen LogP contribution in [-0.4, -0.2) is 66.5 Å². The highest BCUT2D eigenvalue weighted by Crippen LogP contribution is 2.43. The smallest absolute Gasteiger partial charge is 0.461 e. The zero-order valence-electron chi connectivity index (χ0n) is 47.2. The van der Waals surface area contributed by atoms with Gasteiger partial charge in [-0.1, -0.05) is 224 Å². The Balaban J connectivity index is 4.92. The molecule has 0 aliphatic carbocycles. The lowest BCUT2D eigenvalue weighted by molar-refractivity contribution is -0.161. The topological polar surface area (TPSA) is 155 Å². The predicted molar refractivity (Wildman–Crippen MR) is 316 cm³/mol. The Morgan fingerprint density at radius 2 is 0.737 bits per heavy atom. The number of aliphatic hydroxyl groups excluding tert-OH is 1. The molecule has 0 saturated carbocycles. The number of hydrogen-bond donors (Lipinski definition) is 2. The van der Waals surface area contributed by atoms with E-state index < -0.39 is 64.4 Å². The molecule has 428 valence electrons. The molecule has 3 unspecified atom stereocenters. The second-order valence-corrected chi connectivity index (χ2v) is 19.8. The lowest BCUT2D eigenvalue weighted by Crippen LogP contribution is -2.30. The third-order valence-corrected chi connectivity index (χ3v) is 12.2. The van der Waals surface area contributed by atoms with Crippen LogP contribution in [0.15, 0.2) is 146 Å². The van der Waals surface area contributed by atoms with E-state index in [0.29, 0.717) is 19.3 Å². The van der Waals surface area contributed by atoms with Crippen LogP contribution >= 0.6 is 7.82 Å². The first kappa shape index (κ1) is 71.4. The summed E-state index contributed by atoms with van der Waals surface area (Å²) in [5.74, 6) is -1.78. The van der Waals surface area contributed by atoms with Crippen LogP contribution in [0, 0.1) is 0 Å². The number of carbonyl (C=O) groups excluding carboxylic acids is 3. The number of allylic oxidation sites excluding steroid dienone is 22. The molecule has 0 bridgehead atoms. The fourth-order valence-corrected chi connectivity index (χ4v) is 7.79. The minimum Gasteiger partial charge on any atom is -0.461 e. The van der Waals surface area contributed by atoms with Crippen molar-refractivity contribution >= 4 is 25.7 Å². The van der Waals surface area contributed by atoms with Crippen LogP contribution < -0.4 is 0 Å². The van der Waals surface area contributed by atoms with Gasteiger partial charge in [0.15, 0.2) is 6.10 Å². The number of phosphoric ester groups is 1. The fourth-order valence-electron chi connectivity index (χ4n) is 7.00. The number of carbonyl (C=O) groups is 3. The second-order valence-electron chi connectivity index (χ2n) is 18.4. The van der Waals surface area contributed by atoms with Crippen molar-refractivity contribution in [3.63, 3.8) is 0 Å². The largest absolute Gasteiger partial charge is 0.472 e. The van der Waals surface area contributed by atoms with E-state index in [1.54, 1.807) is 12.2 Å². The highest BCUT2D eigenvalue weighted by molar-refractivity contribution is 7.47. The van der Waals surface area contributed by atoms with E-state index in [2.05, 4.69) is 124 Å². The van der Waals surface area contributed by atoms with Crippen LogP contribution in [0.5, 0.6) is 0 Å². The molecule has 0 aromatic heterocycles. The summed E-state index contributed by atoms with van der Waals surface area (Å²) in [6.07, 6.45) is 72.9. The van der Waals surface area contributed by atoms with Crippen LogP contribution in [-0.2, 0) is 42.2 Å². The predicted octanol–water partition coefficient (Wildman–Crippen LogP) is 17.1. The van der Waals surface area contributed by atoms with Crippen molar-refractivity contribution in [2.24, 2.45) is 0 Å². The number of rotatable bonds is 51. The average Bonchev–Trinajstić information content (AvgIpc) is 3.41. The number of hydrogen-bond acceptors (Lipinski definition) is 10. The molecule has 0 saturated heterocycles. The molecule has 0 aromatic carbocycles.